The second-order valence-electron chi connectivity index (χ2n) is 5.26. The second-order valence-corrected chi connectivity index (χ2v) is 5.26. The molecule has 3 nitrogen and oxygen atoms in total. The van der Waals surface area contributed by atoms with Crippen LogP contribution in [-0.4, -0.2) is 16.1 Å². The van der Waals surface area contributed by atoms with Gasteiger partial charge in [0.1, 0.15) is 0 Å². The third-order valence-electron chi connectivity index (χ3n) is 3.88. The Labute approximate surface area is 106 Å². The Bertz CT molecular complexity index is 612. The average Bonchev–Trinajstić information content (AvgIpc) is 2.89. The van der Waals surface area contributed by atoms with Gasteiger partial charge in [0.15, 0.2) is 0 Å². The molecule has 1 unspecified atom stereocenters. The molecule has 18 heavy (non-hydrogen) atoms. The van der Waals surface area contributed by atoms with E-state index in [4.69, 9.17) is 5.11 Å². The van der Waals surface area contributed by atoms with Crippen LogP contribution in [0.1, 0.15) is 30.2 Å². The van der Waals surface area contributed by atoms with Gasteiger partial charge in [0.2, 0.25) is 0 Å². The molecule has 0 bridgehead atoms. The number of fused-ring (bicyclic) bond motifs is 3. The number of aryl methyl sites for hydroxylation is 2. The van der Waals surface area contributed by atoms with E-state index in [-0.39, 0.29) is 5.92 Å². The molecule has 1 aromatic carbocycles. The fourth-order valence-corrected chi connectivity index (χ4v) is 2.86. The summed E-state index contributed by atoms with van der Waals surface area (Å²) >= 11 is 0. The highest BCUT2D eigenvalue weighted by atomic mass is 16.4. The van der Waals surface area contributed by atoms with Crippen molar-refractivity contribution in [2.45, 2.75) is 32.6 Å². The number of carbonyl (C=O) groups is 1. The van der Waals surface area contributed by atoms with Crippen LogP contribution in [0.4, 0.5) is 0 Å². The average molecular weight is 243 g/mol. The summed E-state index contributed by atoms with van der Waals surface area (Å²) < 4.78 is 0. The summed E-state index contributed by atoms with van der Waals surface area (Å²) in [5.41, 5.74) is 5.11. The Hall–Kier alpha value is -1.77. The van der Waals surface area contributed by atoms with Crippen molar-refractivity contribution in [1.29, 1.82) is 0 Å². The molecule has 0 radical (unpaired) electrons. The quantitative estimate of drug-likeness (QED) is 0.870. The van der Waals surface area contributed by atoms with Crippen molar-refractivity contribution < 1.29 is 9.90 Å². The number of carboxylic acid groups (broad SMARTS) is 1. The SMILES string of the molecule is CC(Cc1ccc2[nH]c3c(c2c1)CCC3)C(=O)O. The van der Waals surface area contributed by atoms with E-state index < -0.39 is 5.97 Å². The fourth-order valence-electron chi connectivity index (χ4n) is 2.86. The van der Waals surface area contributed by atoms with Crippen molar-refractivity contribution in [3.8, 4) is 0 Å². The number of aliphatic carboxylic acids is 1. The van der Waals surface area contributed by atoms with E-state index >= 15 is 0 Å². The first-order valence-corrected chi connectivity index (χ1v) is 6.50. The molecule has 3 rings (SSSR count). The fraction of sp³-hybridized carbons (Fsp3) is 0.400. The molecule has 1 heterocycles. The minimum absolute atomic E-state index is 0.325. The van der Waals surface area contributed by atoms with Crippen molar-refractivity contribution in [2.75, 3.05) is 0 Å². The third-order valence-corrected chi connectivity index (χ3v) is 3.88. The molecule has 3 heteroatoms. The topological polar surface area (TPSA) is 53.1 Å². The molecule has 2 N–H and O–H groups in total. The number of H-pyrrole nitrogens is 1. The lowest BCUT2D eigenvalue weighted by Crippen LogP contribution is -2.12. The van der Waals surface area contributed by atoms with E-state index in [0.29, 0.717) is 6.42 Å². The van der Waals surface area contributed by atoms with Gasteiger partial charge in [0, 0.05) is 16.6 Å². The molecule has 0 aliphatic heterocycles. The Kier molecular flexibility index (Phi) is 2.62. The highest BCUT2D eigenvalue weighted by Gasteiger charge is 2.18. The van der Waals surface area contributed by atoms with Gasteiger partial charge in [0.25, 0.3) is 0 Å². The van der Waals surface area contributed by atoms with Crippen LogP contribution in [0, 0.1) is 5.92 Å². The van der Waals surface area contributed by atoms with Crippen molar-refractivity contribution >= 4 is 16.9 Å². The number of aromatic amines is 1. The first-order chi connectivity index (χ1) is 8.65. The number of benzene rings is 1. The van der Waals surface area contributed by atoms with E-state index in [1.54, 1.807) is 6.92 Å². The number of hydrogen-bond acceptors (Lipinski definition) is 1. The molecule has 1 aromatic heterocycles. The predicted octanol–water partition coefficient (Wildman–Crippen LogP) is 2.92. The predicted molar refractivity (Wildman–Crippen MR) is 70.8 cm³/mol. The van der Waals surface area contributed by atoms with Gasteiger partial charge in [-0.2, -0.15) is 0 Å². The summed E-state index contributed by atoms with van der Waals surface area (Å²) in [7, 11) is 0. The molecule has 94 valence electrons. The lowest BCUT2D eigenvalue weighted by atomic mass is 9.99. The molecule has 0 saturated carbocycles. The van der Waals surface area contributed by atoms with E-state index in [1.165, 1.54) is 28.6 Å². The summed E-state index contributed by atoms with van der Waals surface area (Å²) in [5, 5.41) is 10.3. The zero-order valence-electron chi connectivity index (χ0n) is 10.5. The highest BCUT2D eigenvalue weighted by Crippen LogP contribution is 2.30. The number of aromatic nitrogens is 1. The zero-order chi connectivity index (χ0) is 12.7. The lowest BCUT2D eigenvalue weighted by molar-refractivity contribution is -0.141. The third kappa shape index (κ3) is 1.80. The summed E-state index contributed by atoms with van der Waals surface area (Å²) in [4.78, 5) is 14.4. The van der Waals surface area contributed by atoms with Crippen molar-refractivity contribution in [3.05, 3.63) is 35.0 Å². The molecule has 0 saturated heterocycles. The van der Waals surface area contributed by atoms with Gasteiger partial charge in [-0.3, -0.25) is 4.79 Å². The Morgan fingerprint density at radius 3 is 3.06 bits per heavy atom. The van der Waals surface area contributed by atoms with Crippen LogP contribution < -0.4 is 0 Å². The lowest BCUT2D eigenvalue weighted by Gasteiger charge is -2.06. The normalized spacial score (nSPS) is 15.8. The van der Waals surface area contributed by atoms with Gasteiger partial charge in [-0.15, -0.1) is 0 Å². The van der Waals surface area contributed by atoms with Crippen molar-refractivity contribution in [1.82, 2.24) is 4.98 Å². The van der Waals surface area contributed by atoms with Crippen molar-refractivity contribution in [3.63, 3.8) is 0 Å². The van der Waals surface area contributed by atoms with Gasteiger partial charge in [-0.1, -0.05) is 13.0 Å². The molecule has 1 atom stereocenters. The number of rotatable bonds is 3. The molecule has 0 fully saturated rings. The van der Waals surface area contributed by atoms with Gasteiger partial charge in [-0.05, 0) is 48.9 Å². The minimum Gasteiger partial charge on any atom is -0.481 e. The van der Waals surface area contributed by atoms with Gasteiger partial charge < -0.3 is 10.1 Å². The summed E-state index contributed by atoms with van der Waals surface area (Å²) in [6.07, 6.45) is 4.12. The van der Waals surface area contributed by atoms with Gasteiger partial charge in [0.05, 0.1) is 5.92 Å². The Balaban J connectivity index is 1.97. The molecule has 0 spiro atoms. The maximum absolute atomic E-state index is 10.9. The molecule has 0 amide bonds. The number of nitrogens with one attached hydrogen (secondary N) is 1. The van der Waals surface area contributed by atoms with Crippen molar-refractivity contribution in [2.24, 2.45) is 5.92 Å². The summed E-state index contributed by atoms with van der Waals surface area (Å²) in [6.45, 7) is 1.76. The van der Waals surface area contributed by atoms with Crippen LogP contribution >= 0.6 is 0 Å². The first-order valence-electron chi connectivity index (χ1n) is 6.50. The maximum Gasteiger partial charge on any atom is 0.306 e. The zero-order valence-corrected chi connectivity index (χ0v) is 10.5. The monoisotopic (exact) mass is 243 g/mol. The standard InChI is InChI=1S/C15H17NO2/c1-9(15(17)18)7-10-5-6-14-12(8-10)11-3-2-4-13(11)16-14/h5-6,8-9,16H,2-4,7H2,1H3,(H,17,18). The first kappa shape index (κ1) is 11.3. The van der Waals surface area contributed by atoms with Crippen LogP contribution in [0.5, 0.6) is 0 Å². The smallest absolute Gasteiger partial charge is 0.306 e. The van der Waals surface area contributed by atoms with E-state index in [2.05, 4.69) is 17.1 Å². The Morgan fingerprint density at radius 1 is 1.44 bits per heavy atom. The van der Waals surface area contributed by atoms with Gasteiger partial charge in [-0.25, -0.2) is 0 Å². The minimum atomic E-state index is -0.727. The summed E-state index contributed by atoms with van der Waals surface area (Å²) in [6, 6.07) is 6.28. The van der Waals surface area contributed by atoms with E-state index in [9.17, 15) is 4.79 Å². The second kappa shape index (κ2) is 4.16. The van der Waals surface area contributed by atoms with Crippen LogP contribution in [0.3, 0.4) is 0 Å². The Morgan fingerprint density at radius 2 is 2.28 bits per heavy atom. The largest absolute Gasteiger partial charge is 0.481 e. The number of carboxylic acids is 1. The van der Waals surface area contributed by atoms with Crippen LogP contribution in [0.2, 0.25) is 0 Å². The molecular weight excluding hydrogens is 226 g/mol. The molecule has 2 aromatic rings. The molecule has 1 aliphatic rings. The van der Waals surface area contributed by atoms with E-state index in [0.717, 1.165) is 18.4 Å². The molecule has 1 aliphatic carbocycles. The highest BCUT2D eigenvalue weighted by molar-refractivity contribution is 5.86. The van der Waals surface area contributed by atoms with E-state index in [1.807, 2.05) is 6.07 Å². The van der Waals surface area contributed by atoms with Crippen LogP contribution in [0.25, 0.3) is 10.9 Å². The van der Waals surface area contributed by atoms with Gasteiger partial charge >= 0.3 is 5.97 Å². The molecular formula is C15H17NO2. The number of hydrogen-bond donors (Lipinski definition) is 2. The van der Waals surface area contributed by atoms with Crippen LogP contribution in [-0.2, 0) is 24.1 Å². The summed E-state index contributed by atoms with van der Waals surface area (Å²) in [5.74, 6) is -1.05. The van der Waals surface area contributed by atoms with Crippen LogP contribution in [0.15, 0.2) is 18.2 Å². The maximum atomic E-state index is 10.9.